The minimum absolute atomic E-state index is 0.0324. The van der Waals surface area contributed by atoms with Crippen molar-refractivity contribution in [3.05, 3.63) is 125 Å². The number of aliphatic carboxylic acids is 1. The molecule has 3 aromatic carbocycles. The first-order valence-corrected chi connectivity index (χ1v) is 14.0. The molecule has 0 radical (unpaired) electrons. The number of halogens is 2. The van der Waals surface area contributed by atoms with Gasteiger partial charge in [-0.1, -0.05) is 95.2 Å². The van der Waals surface area contributed by atoms with E-state index in [1.165, 1.54) is 16.7 Å². The maximum absolute atomic E-state index is 13.9. The fourth-order valence-electron chi connectivity index (χ4n) is 4.48. The number of aromatic nitrogens is 1. The monoisotopic (exact) mass is 608 g/mol. The van der Waals surface area contributed by atoms with Gasteiger partial charge in [0.2, 0.25) is 0 Å². The van der Waals surface area contributed by atoms with Crippen LogP contribution in [0.2, 0.25) is 10.0 Å². The van der Waals surface area contributed by atoms with E-state index in [1.54, 1.807) is 13.0 Å². The second-order valence-electron chi connectivity index (χ2n) is 8.84. The van der Waals surface area contributed by atoms with Gasteiger partial charge in [0, 0.05) is 5.56 Å². The van der Waals surface area contributed by atoms with Gasteiger partial charge in [-0.3, -0.25) is 9.36 Å². The first kappa shape index (κ1) is 28.4. The maximum atomic E-state index is 13.9. The Morgan fingerprint density at radius 1 is 1.05 bits per heavy atom. The van der Waals surface area contributed by atoms with E-state index in [2.05, 4.69) is 0 Å². The molecule has 0 spiro atoms. The van der Waals surface area contributed by atoms with Gasteiger partial charge in [0.15, 0.2) is 17.2 Å². The van der Waals surface area contributed by atoms with Gasteiger partial charge in [-0.15, -0.1) is 0 Å². The van der Waals surface area contributed by atoms with E-state index in [9.17, 15) is 14.4 Å². The zero-order valence-electron chi connectivity index (χ0n) is 21.5. The lowest BCUT2D eigenvalue weighted by Gasteiger charge is -2.25. The summed E-state index contributed by atoms with van der Waals surface area (Å²) in [6.45, 7) is 1.27. The van der Waals surface area contributed by atoms with Gasteiger partial charge < -0.3 is 14.6 Å². The quantitative estimate of drug-likeness (QED) is 0.290. The zero-order chi connectivity index (χ0) is 29.1. The number of carboxylic acid groups (broad SMARTS) is 1. The van der Waals surface area contributed by atoms with Crippen LogP contribution in [0, 0.1) is 0 Å². The van der Waals surface area contributed by atoms with E-state index in [0.29, 0.717) is 26.2 Å². The number of hydrogen-bond donors (Lipinski definition) is 1. The third-order valence-corrected chi connectivity index (χ3v) is 7.69. The number of ether oxygens (including phenoxy) is 2. The molecular formula is C30H22Cl2N2O6S. The number of benzene rings is 3. The van der Waals surface area contributed by atoms with Crippen LogP contribution >= 0.6 is 34.5 Å². The third kappa shape index (κ3) is 5.83. The number of thiazole rings is 1. The molecule has 1 aromatic heterocycles. The fourth-order valence-corrected chi connectivity index (χ4v) is 6.09. The lowest BCUT2D eigenvalue weighted by atomic mass is 9.93. The molecule has 1 atom stereocenters. The highest BCUT2D eigenvalue weighted by Gasteiger charge is 2.35. The van der Waals surface area contributed by atoms with E-state index >= 15 is 0 Å². The fraction of sp³-hybridized carbons (Fsp3) is 0.133. The number of carboxylic acids is 1. The predicted molar refractivity (Wildman–Crippen MR) is 157 cm³/mol. The largest absolute Gasteiger partial charge is 0.479 e. The topological polar surface area (TPSA) is 107 Å². The average molecular weight is 609 g/mol. The smallest absolute Gasteiger partial charge is 0.341 e. The van der Waals surface area contributed by atoms with Gasteiger partial charge in [-0.2, -0.15) is 0 Å². The summed E-state index contributed by atoms with van der Waals surface area (Å²) in [5.74, 6) is -1.70. The van der Waals surface area contributed by atoms with Gasteiger partial charge >= 0.3 is 11.9 Å². The first-order chi connectivity index (χ1) is 19.8. The summed E-state index contributed by atoms with van der Waals surface area (Å²) in [5, 5.41) is 9.09. The van der Waals surface area contributed by atoms with Crippen molar-refractivity contribution in [2.24, 2.45) is 4.99 Å². The van der Waals surface area contributed by atoms with Crippen LogP contribution in [-0.4, -0.2) is 34.8 Å². The number of hydrogen-bond acceptors (Lipinski definition) is 7. The van der Waals surface area contributed by atoms with Crippen molar-refractivity contribution < 1.29 is 24.2 Å². The van der Waals surface area contributed by atoms with E-state index < -0.39 is 24.6 Å². The highest BCUT2D eigenvalue weighted by atomic mass is 35.5. The van der Waals surface area contributed by atoms with Crippen LogP contribution in [0.3, 0.4) is 0 Å². The standard InChI is InChI=1S/C30H22Cl2N2O6S/c1-2-39-29(38)24-25(18-9-5-3-6-10-18)33-30-34(26(24)19-11-7-4-8-12-19)28(37)22(41-30)15-17-13-20(31)27(21(32)14-17)40-16-23(35)36/h3-15,26H,2,16H2,1H3,(H,35,36)/b22-15-/t26-/m0/s1. The van der Waals surface area contributed by atoms with Crippen molar-refractivity contribution in [2.75, 3.05) is 13.2 Å². The van der Waals surface area contributed by atoms with Crippen LogP contribution in [0.1, 0.15) is 29.7 Å². The van der Waals surface area contributed by atoms with Crippen molar-refractivity contribution in [1.82, 2.24) is 4.57 Å². The molecule has 0 bridgehead atoms. The number of rotatable bonds is 8. The second-order valence-corrected chi connectivity index (χ2v) is 10.7. The van der Waals surface area contributed by atoms with Crippen LogP contribution in [-0.2, 0) is 14.3 Å². The number of nitrogens with zero attached hydrogens (tertiary/aromatic N) is 2. The van der Waals surface area contributed by atoms with Gasteiger partial charge in [0.1, 0.15) is 0 Å². The normalized spacial score (nSPS) is 14.8. The molecule has 8 nitrogen and oxygen atoms in total. The predicted octanol–water partition coefficient (Wildman–Crippen LogP) is 4.71. The Labute approximate surface area is 248 Å². The van der Waals surface area contributed by atoms with Crippen LogP contribution < -0.4 is 19.6 Å². The lowest BCUT2D eigenvalue weighted by molar-refractivity contribution is -0.140. The molecular weight excluding hydrogens is 587 g/mol. The van der Waals surface area contributed by atoms with E-state index in [4.69, 9.17) is 42.8 Å². The second kappa shape index (κ2) is 12.1. The Hall–Kier alpha value is -4.18. The Balaban J connectivity index is 1.73. The molecule has 0 aliphatic carbocycles. The highest BCUT2D eigenvalue weighted by Crippen LogP contribution is 2.36. The van der Waals surface area contributed by atoms with Crippen molar-refractivity contribution in [2.45, 2.75) is 13.0 Å². The summed E-state index contributed by atoms with van der Waals surface area (Å²) < 4.78 is 12.5. The Kier molecular flexibility index (Phi) is 8.39. The first-order valence-electron chi connectivity index (χ1n) is 12.5. The van der Waals surface area contributed by atoms with E-state index in [0.717, 1.165) is 16.9 Å². The Morgan fingerprint density at radius 3 is 2.29 bits per heavy atom. The SMILES string of the molecule is CCOC(=O)C1=C(c2ccccc2)N=c2s/c(=C\c3cc(Cl)c(OCC(=O)O)c(Cl)c3)c(=O)n2[C@H]1c1ccccc1. The van der Waals surface area contributed by atoms with E-state index in [-0.39, 0.29) is 33.5 Å². The van der Waals surface area contributed by atoms with Gasteiger partial charge in [-0.05, 0) is 36.3 Å². The van der Waals surface area contributed by atoms with Gasteiger partial charge in [0.05, 0.1) is 38.5 Å². The third-order valence-electron chi connectivity index (χ3n) is 6.15. The number of carbonyl (C=O) groups is 2. The zero-order valence-corrected chi connectivity index (χ0v) is 23.9. The van der Waals surface area contributed by atoms with Crippen LogP contribution in [0.5, 0.6) is 5.75 Å². The summed E-state index contributed by atoms with van der Waals surface area (Å²) >= 11 is 13.8. The molecule has 0 saturated carbocycles. The molecule has 208 valence electrons. The maximum Gasteiger partial charge on any atom is 0.341 e. The molecule has 2 heterocycles. The van der Waals surface area contributed by atoms with Gasteiger partial charge in [-0.25, -0.2) is 14.6 Å². The van der Waals surface area contributed by atoms with Crippen LogP contribution in [0.25, 0.3) is 11.8 Å². The highest BCUT2D eigenvalue weighted by molar-refractivity contribution is 7.07. The molecule has 1 aliphatic heterocycles. The molecule has 41 heavy (non-hydrogen) atoms. The Morgan fingerprint density at radius 2 is 1.68 bits per heavy atom. The molecule has 0 saturated heterocycles. The minimum atomic E-state index is -1.17. The lowest BCUT2D eigenvalue weighted by Crippen LogP contribution is -2.39. The van der Waals surface area contributed by atoms with Crippen LogP contribution in [0.15, 0.2) is 88.2 Å². The molecule has 4 aromatic rings. The molecule has 1 aliphatic rings. The molecule has 1 N–H and O–H groups in total. The van der Waals surface area contributed by atoms with Crippen molar-refractivity contribution in [3.63, 3.8) is 0 Å². The molecule has 11 heteroatoms. The minimum Gasteiger partial charge on any atom is -0.479 e. The van der Waals surface area contributed by atoms with Gasteiger partial charge in [0.25, 0.3) is 5.56 Å². The van der Waals surface area contributed by atoms with Crippen molar-refractivity contribution >= 4 is 58.3 Å². The molecule has 0 unspecified atom stereocenters. The van der Waals surface area contributed by atoms with Crippen molar-refractivity contribution in [3.8, 4) is 5.75 Å². The molecule has 5 rings (SSSR count). The number of carbonyl (C=O) groups excluding carboxylic acids is 1. The summed E-state index contributed by atoms with van der Waals surface area (Å²) in [7, 11) is 0. The summed E-state index contributed by atoms with van der Waals surface area (Å²) in [4.78, 5) is 43.5. The Bertz CT molecular complexity index is 1830. The summed E-state index contributed by atoms with van der Waals surface area (Å²) in [6, 6.07) is 20.8. The van der Waals surface area contributed by atoms with E-state index in [1.807, 2.05) is 60.7 Å². The summed E-state index contributed by atoms with van der Waals surface area (Å²) in [6.07, 6.45) is 1.61. The molecule has 0 amide bonds. The summed E-state index contributed by atoms with van der Waals surface area (Å²) in [5.41, 5.74) is 2.25. The van der Waals surface area contributed by atoms with Crippen molar-refractivity contribution in [1.29, 1.82) is 0 Å². The molecule has 0 fully saturated rings. The van der Waals surface area contributed by atoms with Crippen LogP contribution in [0.4, 0.5) is 0 Å². The number of esters is 1. The number of fused-ring (bicyclic) bond motifs is 1. The average Bonchev–Trinajstić information content (AvgIpc) is 3.26.